The molecule has 5 rings (SSSR count). The molecule has 2 atom stereocenters. The van der Waals surface area contributed by atoms with Crippen molar-refractivity contribution in [3.05, 3.63) is 88.4 Å². The van der Waals surface area contributed by atoms with Crippen LogP contribution in [0.2, 0.25) is 5.02 Å². The van der Waals surface area contributed by atoms with Gasteiger partial charge in [-0.3, -0.25) is 14.4 Å². The van der Waals surface area contributed by atoms with Crippen LogP contribution in [0.3, 0.4) is 0 Å². The van der Waals surface area contributed by atoms with Gasteiger partial charge in [0.25, 0.3) is 11.8 Å². The van der Waals surface area contributed by atoms with E-state index in [-0.39, 0.29) is 36.8 Å². The number of hydrogen-bond acceptors (Lipinski definition) is 5. The Balaban J connectivity index is 1.54. The van der Waals surface area contributed by atoms with Crippen LogP contribution in [0, 0.1) is 5.92 Å². The van der Waals surface area contributed by atoms with E-state index in [0.29, 0.717) is 57.6 Å². The van der Waals surface area contributed by atoms with Gasteiger partial charge in [-0.25, -0.2) is 4.21 Å². The average molecular weight is 551 g/mol. The molecule has 3 aromatic rings. The van der Waals surface area contributed by atoms with Crippen LogP contribution in [0.1, 0.15) is 46.0 Å². The molecule has 9 heteroatoms. The van der Waals surface area contributed by atoms with Crippen LogP contribution in [-0.2, 0) is 26.9 Å². The zero-order valence-corrected chi connectivity index (χ0v) is 22.5. The number of hydrogen-bond donors (Lipinski definition) is 0. The number of halogens is 1. The van der Waals surface area contributed by atoms with Gasteiger partial charge >= 0.3 is 5.97 Å². The van der Waals surface area contributed by atoms with Crippen molar-refractivity contribution in [1.29, 1.82) is 0 Å². The molecule has 2 heterocycles. The van der Waals surface area contributed by atoms with E-state index in [1.54, 1.807) is 71.3 Å². The van der Waals surface area contributed by atoms with Crippen LogP contribution in [0.4, 0.5) is 5.69 Å². The first-order valence-corrected chi connectivity index (χ1v) is 14.1. The third kappa shape index (κ3) is 5.11. The SMILES string of the molecule is CCOC(=O)[C@@H]1CCCN(C(=O)c2ccc3c(c2)N(Cc2cccc(Cl)c2)C(=O)c2ccccc2[S@]3=O)C1. The molecule has 196 valence electrons. The number of nitrogens with zero attached hydrogens (tertiary/aromatic N) is 2. The van der Waals surface area contributed by atoms with Gasteiger partial charge in [0.2, 0.25) is 0 Å². The Morgan fingerprint density at radius 1 is 1.05 bits per heavy atom. The molecule has 0 N–H and O–H groups in total. The fourth-order valence-corrected chi connectivity index (χ4v) is 6.53. The molecule has 2 amide bonds. The van der Waals surface area contributed by atoms with Gasteiger partial charge in [0, 0.05) is 23.7 Å². The highest BCUT2D eigenvalue weighted by atomic mass is 35.5. The van der Waals surface area contributed by atoms with Gasteiger partial charge in [0.15, 0.2) is 0 Å². The number of carbonyl (C=O) groups excluding carboxylic acids is 3. The Kier molecular flexibility index (Phi) is 7.63. The smallest absolute Gasteiger partial charge is 0.310 e. The monoisotopic (exact) mass is 550 g/mol. The predicted molar refractivity (Wildman–Crippen MR) is 145 cm³/mol. The summed E-state index contributed by atoms with van der Waals surface area (Å²) in [6.45, 7) is 3.04. The molecule has 2 aliphatic heterocycles. The molecule has 7 nitrogen and oxygen atoms in total. The average Bonchev–Trinajstić information content (AvgIpc) is 3.02. The second-order valence-electron chi connectivity index (χ2n) is 9.31. The number of rotatable bonds is 5. The highest BCUT2D eigenvalue weighted by Crippen LogP contribution is 2.36. The number of piperidine rings is 1. The van der Waals surface area contributed by atoms with E-state index in [0.717, 1.165) is 5.56 Å². The maximum absolute atomic E-state index is 13.8. The van der Waals surface area contributed by atoms with E-state index in [9.17, 15) is 18.6 Å². The molecule has 0 radical (unpaired) electrons. The van der Waals surface area contributed by atoms with Crippen LogP contribution >= 0.6 is 11.6 Å². The normalized spacial score (nSPS) is 18.8. The van der Waals surface area contributed by atoms with Crippen molar-refractivity contribution in [2.75, 3.05) is 24.6 Å². The third-order valence-corrected chi connectivity index (χ3v) is 8.55. The first kappa shape index (κ1) is 26.1. The molecule has 0 bridgehead atoms. The zero-order valence-electron chi connectivity index (χ0n) is 20.9. The molecule has 0 saturated carbocycles. The minimum absolute atomic E-state index is 0.185. The summed E-state index contributed by atoms with van der Waals surface area (Å²) in [5.41, 5.74) is 1.92. The molecule has 3 aromatic carbocycles. The van der Waals surface area contributed by atoms with Gasteiger partial charge in [0.1, 0.15) is 0 Å². The molecule has 0 spiro atoms. The molecule has 0 aromatic heterocycles. The highest BCUT2D eigenvalue weighted by Gasteiger charge is 2.33. The fourth-order valence-electron chi connectivity index (χ4n) is 4.97. The zero-order chi connectivity index (χ0) is 26.8. The van der Waals surface area contributed by atoms with E-state index < -0.39 is 10.8 Å². The lowest BCUT2D eigenvalue weighted by Gasteiger charge is -2.32. The van der Waals surface area contributed by atoms with Crippen LogP contribution in [0.25, 0.3) is 0 Å². The Bertz CT molecular complexity index is 1440. The number of carbonyl (C=O) groups is 3. The number of anilines is 1. The van der Waals surface area contributed by atoms with Gasteiger partial charge < -0.3 is 14.5 Å². The van der Waals surface area contributed by atoms with Crippen molar-refractivity contribution in [2.45, 2.75) is 36.1 Å². The summed E-state index contributed by atoms with van der Waals surface area (Å²) in [4.78, 5) is 43.8. The maximum Gasteiger partial charge on any atom is 0.310 e. The number of fused-ring (bicyclic) bond motifs is 2. The summed E-state index contributed by atoms with van der Waals surface area (Å²) in [6, 6.07) is 19.0. The van der Waals surface area contributed by atoms with E-state index >= 15 is 0 Å². The summed E-state index contributed by atoms with van der Waals surface area (Å²) in [7, 11) is -1.63. The molecule has 2 aliphatic rings. The van der Waals surface area contributed by atoms with Gasteiger partial charge in [-0.15, -0.1) is 0 Å². The summed E-state index contributed by atoms with van der Waals surface area (Å²) in [5.74, 6) is -1.21. The van der Waals surface area contributed by atoms with Gasteiger partial charge in [-0.2, -0.15) is 0 Å². The number of amides is 2. The van der Waals surface area contributed by atoms with E-state index in [1.807, 2.05) is 12.1 Å². The van der Waals surface area contributed by atoms with E-state index in [1.165, 1.54) is 0 Å². The second kappa shape index (κ2) is 11.1. The summed E-state index contributed by atoms with van der Waals surface area (Å²) in [5, 5.41) is 0.541. The van der Waals surface area contributed by atoms with Crippen molar-refractivity contribution < 1.29 is 23.3 Å². The highest BCUT2D eigenvalue weighted by molar-refractivity contribution is 7.85. The molecule has 1 saturated heterocycles. The minimum Gasteiger partial charge on any atom is -0.466 e. The molecule has 0 unspecified atom stereocenters. The number of ether oxygens (including phenoxy) is 1. The van der Waals surface area contributed by atoms with Gasteiger partial charge in [-0.1, -0.05) is 35.9 Å². The topological polar surface area (TPSA) is 84.0 Å². The molecule has 1 fully saturated rings. The Labute approximate surface area is 228 Å². The van der Waals surface area contributed by atoms with Crippen molar-refractivity contribution >= 4 is 45.9 Å². The van der Waals surface area contributed by atoms with Gasteiger partial charge in [-0.05, 0) is 67.8 Å². The Morgan fingerprint density at radius 2 is 1.87 bits per heavy atom. The Morgan fingerprint density at radius 3 is 2.66 bits per heavy atom. The fraction of sp³-hybridized carbons (Fsp3) is 0.276. The van der Waals surface area contributed by atoms with Crippen LogP contribution < -0.4 is 4.90 Å². The van der Waals surface area contributed by atoms with E-state index in [2.05, 4.69) is 0 Å². The van der Waals surface area contributed by atoms with Crippen LogP contribution in [0.15, 0.2) is 76.5 Å². The quantitative estimate of drug-likeness (QED) is 0.414. The van der Waals surface area contributed by atoms with Crippen molar-refractivity contribution in [3.63, 3.8) is 0 Å². The van der Waals surface area contributed by atoms with Crippen molar-refractivity contribution in [2.24, 2.45) is 5.92 Å². The van der Waals surface area contributed by atoms with Crippen molar-refractivity contribution in [1.82, 2.24) is 4.90 Å². The lowest BCUT2D eigenvalue weighted by molar-refractivity contribution is -0.149. The minimum atomic E-state index is -1.63. The molecule has 0 aliphatic carbocycles. The van der Waals surface area contributed by atoms with Gasteiger partial charge in [0.05, 0.1) is 50.9 Å². The van der Waals surface area contributed by atoms with Crippen LogP contribution in [0.5, 0.6) is 0 Å². The first-order chi connectivity index (χ1) is 18.4. The molecule has 38 heavy (non-hydrogen) atoms. The second-order valence-corrected chi connectivity index (χ2v) is 11.2. The first-order valence-electron chi connectivity index (χ1n) is 12.5. The predicted octanol–water partition coefficient (Wildman–Crippen LogP) is 5.08. The number of esters is 1. The summed E-state index contributed by atoms with van der Waals surface area (Å²) < 4.78 is 18.8. The standard InChI is InChI=1S/C29H27ClN2O5S/c1-2-37-29(35)21-8-6-14-31(18-21)27(33)20-12-13-26-24(16-20)32(17-19-7-5-9-22(30)15-19)28(34)23-10-3-4-11-25(23)38(26)36/h3-5,7,9-13,15-16,21H,2,6,8,14,17-18H2,1H3/t21-,38-/m1/s1. The van der Waals surface area contributed by atoms with Crippen LogP contribution in [-0.4, -0.2) is 46.6 Å². The Hall–Kier alpha value is -3.49. The molecular formula is C29H27ClN2O5S. The van der Waals surface area contributed by atoms with Crippen molar-refractivity contribution in [3.8, 4) is 0 Å². The summed E-state index contributed by atoms with van der Waals surface area (Å²) >= 11 is 6.21. The largest absolute Gasteiger partial charge is 0.466 e. The number of likely N-dealkylation sites (tertiary alicyclic amines) is 1. The summed E-state index contributed by atoms with van der Waals surface area (Å²) in [6.07, 6.45) is 1.37. The molecular weight excluding hydrogens is 524 g/mol. The lowest BCUT2D eigenvalue weighted by atomic mass is 9.97. The third-order valence-electron chi connectivity index (χ3n) is 6.82. The lowest BCUT2D eigenvalue weighted by Crippen LogP contribution is -2.43. The maximum atomic E-state index is 13.8. The van der Waals surface area contributed by atoms with E-state index in [4.69, 9.17) is 16.3 Å². The number of benzene rings is 3.